The lowest BCUT2D eigenvalue weighted by molar-refractivity contribution is 0.0977. The summed E-state index contributed by atoms with van der Waals surface area (Å²) < 4.78 is 5.14. The van der Waals surface area contributed by atoms with Gasteiger partial charge >= 0.3 is 0 Å². The number of nitrogens with zero attached hydrogens (tertiary/aromatic N) is 1. The Balaban J connectivity index is 1.55. The predicted octanol–water partition coefficient (Wildman–Crippen LogP) is 4.06. The van der Waals surface area contributed by atoms with Crippen molar-refractivity contribution in [2.75, 3.05) is 30.4 Å². The van der Waals surface area contributed by atoms with Crippen molar-refractivity contribution in [2.45, 2.75) is 19.8 Å². The average molecular weight is 384 g/mol. The summed E-state index contributed by atoms with van der Waals surface area (Å²) in [5, 5.41) is 6.02. The van der Waals surface area contributed by atoms with E-state index in [1.165, 1.54) is 18.5 Å². The van der Waals surface area contributed by atoms with Crippen molar-refractivity contribution < 1.29 is 9.53 Å². The van der Waals surface area contributed by atoms with Crippen molar-refractivity contribution in [1.29, 1.82) is 0 Å². The molecule has 0 spiro atoms. The molecule has 5 nitrogen and oxygen atoms in total. The monoisotopic (exact) mass is 383 g/mol. The third-order valence-electron chi connectivity index (χ3n) is 4.83. The summed E-state index contributed by atoms with van der Waals surface area (Å²) in [4.78, 5) is 14.7. The molecule has 142 valence electrons. The first-order chi connectivity index (χ1) is 13.0. The van der Waals surface area contributed by atoms with E-state index >= 15 is 0 Å². The molecule has 0 aliphatic carbocycles. The highest BCUT2D eigenvalue weighted by molar-refractivity contribution is 7.80. The van der Waals surface area contributed by atoms with Crippen LogP contribution in [0.4, 0.5) is 11.4 Å². The summed E-state index contributed by atoms with van der Waals surface area (Å²) in [7, 11) is 1.57. The zero-order chi connectivity index (χ0) is 19.2. The van der Waals surface area contributed by atoms with E-state index in [-0.39, 0.29) is 11.0 Å². The largest absolute Gasteiger partial charge is 0.497 e. The van der Waals surface area contributed by atoms with E-state index in [1.807, 2.05) is 12.1 Å². The highest BCUT2D eigenvalue weighted by Crippen LogP contribution is 2.24. The standard InChI is InChI=1S/C21H25N3O2S/c1-15-10-12-24(13-11-15)18-8-6-17(7-9-18)22-21(27)23-20(25)16-4-3-5-19(14-16)26-2/h3-9,14-15H,10-13H2,1-2H3,(H2,22,23,25,27). The minimum Gasteiger partial charge on any atom is -0.497 e. The summed E-state index contributed by atoms with van der Waals surface area (Å²) >= 11 is 5.26. The first kappa shape index (κ1) is 19.2. The van der Waals surface area contributed by atoms with Crippen LogP contribution in [0.25, 0.3) is 0 Å². The van der Waals surface area contributed by atoms with Crippen LogP contribution in [0.3, 0.4) is 0 Å². The van der Waals surface area contributed by atoms with Gasteiger partial charge in [-0.05, 0) is 73.4 Å². The average Bonchev–Trinajstić information content (AvgIpc) is 2.69. The van der Waals surface area contributed by atoms with Crippen LogP contribution in [-0.2, 0) is 0 Å². The molecule has 2 N–H and O–H groups in total. The molecule has 0 radical (unpaired) electrons. The van der Waals surface area contributed by atoms with Crippen molar-refractivity contribution in [3.63, 3.8) is 0 Å². The fourth-order valence-corrected chi connectivity index (χ4v) is 3.33. The van der Waals surface area contributed by atoms with Gasteiger partial charge in [0.15, 0.2) is 5.11 Å². The van der Waals surface area contributed by atoms with Gasteiger partial charge in [0.25, 0.3) is 5.91 Å². The third-order valence-corrected chi connectivity index (χ3v) is 5.04. The lowest BCUT2D eigenvalue weighted by atomic mass is 9.99. The van der Waals surface area contributed by atoms with Crippen LogP contribution in [0.2, 0.25) is 0 Å². The van der Waals surface area contributed by atoms with Crippen LogP contribution in [0, 0.1) is 5.92 Å². The number of methoxy groups -OCH3 is 1. The van der Waals surface area contributed by atoms with Gasteiger partial charge in [-0.25, -0.2) is 0 Å². The molecule has 0 atom stereocenters. The van der Waals surface area contributed by atoms with Crippen molar-refractivity contribution in [1.82, 2.24) is 5.32 Å². The number of rotatable bonds is 4. The first-order valence-electron chi connectivity index (χ1n) is 9.16. The molecule has 0 unspecified atom stereocenters. The van der Waals surface area contributed by atoms with Gasteiger partial charge in [0, 0.05) is 30.0 Å². The molecule has 2 aromatic rings. The molecule has 2 aromatic carbocycles. The Morgan fingerprint density at radius 2 is 1.85 bits per heavy atom. The second-order valence-electron chi connectivity index (χ2n) is 6.86. The van der Waals surface area contributed by atoms with E-state index in [9.17, 15) is 4.79 Å². The minimum atomic E-state index is -0.273. The number of thiocarbonyl (C=S) groups is 1. The predicted molar refractivity (Wildman–Crippen MR) is 114 cm³/mol. The molecular weight excluding hydrogens is 358 g/mol. The molecule has 1 aliphatic rings. The van der Waals surface area contributed by atoms with Crippen LogP contribution in [0.15, 0.2) is 48.5 Å². The maximum atomic E-state index is 12.3. The fourth-order valence-electron chi connectivity index (χ4n) is 3.12. The Hall–Kier alpha value is -2.60. The van der Waals surface area contributed by atoms with E-state index in [2.05, 4.69) is 34.6 Å². The van der Waals surface area contributed by atoms with Gasteiger partial charge in [0.1, 0.15) is 5.75 Å². The van der Waals surface area contributed by atoms with Crippen molar-refractivity contribution in [3.8, 4) is 5.75 Å². The number of ether oxygens (including phenoxy) is 1. The number of carbonyl (C=O) groups excluding carboxylic acids is 1. The molecule has 1 aliphatic heterocycles. The van der Waals surface area contributed by atoms with Crippen molar-refractivity contribution >= 4 is 34.6 Å². The normalized spacial score (nSPS) is 14.5. The van der Waals surface area contributed by atoms with Crippen LogP contribution >= 0.6 is 12.2 Å². The van der Waals surface area contributed by atoms with Gasteiger partial charge in [-0.3, -0.25) is 10.1 Å². The van der Waals surface area contributed by atoms with Gasteiger partial charge in [-0.15, -0.1) is 0 Å². The molecule has 1 heterocycles. The van der Waals surface area contributed by atoms with Crippen LogP contribution in [-0.4, -0.2) is 31.2 Å². The lowest BCUT2D eigenvalue weighted by Gasteiger charge is -2.32. The van der Waals surface area contributed by atoms with Gasteiger partial charge in [-0.1, -0.05) is 13.0 Å². The smallest absolute Gasteiger partial charge is 0.257 e. The molecule has 27 heavy (non-hydrogen) atoms. The summed E-state index contributed by atoms with van der Waals surface area (Å²) in [6.07, 6.45) is 2.47. The lowest BCUT2D eigenvalue weighted by Crippen LogP contribution is -2.34. The minimum absolute atomic E-state index is 0.266. The van der Waals surface area contributed by atoms with Crippen LogP contribution in [0.5, 0.6) is 5.75 Å². The second-order valence-corrected chi connectivity index (χ2v) is 7.26. The molecule has 0 bridgehead atoms. The number of amides is 1. The third kappa shape index (κ3) is 5.20. The van der Waals surface area contributed by atoms with Gasteiger partial charge in [0.05, 0.1) is 7.11 Å². The van der Waals surface area contributed by atoms with Gasteiger partial charge in [0.2, 0.25) is 0 Å². The molecule has 1 fully saturated rings. The fraction of sp³-hybridized carbons (Fsp3) is 0.333. The van der Waals surface area contributed by atoms with Crippen molar-refractivity contribution in [2.24, 2.45) is 5.92 Å². The number of hydrogen-bond acceptors (Lipinski definition) is 4. The highest BCUT2D eigenvalue weighted by atomic mass is 32.1. The zero-order valence-corrected chi connectivity index (χ0v) is 16.5. The second kappa shape index (κ2) is 8.86. The number of benzene rings is 2. The molecule has 6 heteroatoms. The van der Waals surface area contributed by atoms with Crippen LogP contribution in [0.1, 0.15) is 30.1 Å². The number of carbonyl (C=O) groups is 1. The van der Waals surface area contributed by atoms with E-state index in [4.69, 9.17) is 17.0 Å². The number of piperidine rings is 1. The van der Waals surface area contributed by atoms with E-state index < -0.39 is 0 Å². The highest BCUT2D eigenvalue weighted by Gasteiger charge is 2.16. The van der Waals surface area contributed by atoms with E-state index in [1.54, 1.807) is 31.4 Å². The Morgan fingerprint density at radius 1 is 1.15 bits per heavy atom. The SMILES string of the molecule is COc1cccc(C(=O)NC(=S)Nc2ccc(N3CCC(C)CC3)cc2)c1. The molecule has 3 rings (SSSR count). The van der Waals surface area contributed by atoms with E-state index in [0.29, 0.717) is 11.3 Å². The Bertz CT molecular complexity index is 799. The Kier molecular flexibility index (Phi) is 6.29. The zero-order valence-electron chi connectivity index (χ0n) is 15.7. The molecule has 1 saturated heterocycles. The number of hydrogen-bond donors (Lipinski definition) is 2. The number of anilines is 2. The Morgan fingerprint density at radius 3 is 2.52 bits per heavy atom. The first-order valence-corrected chi connectivity index (χ1v) is 9.57. The molecular formula is C21H25N3O2S. The van der Waals surface area contributed by atoms with Crippen LogP contribution < -0.4 is 20.3 Å². The summed E-state index contributed by atoms with van der Waals surface area (Å²) in [5.74, 6) is 1.17. The topological polar surface area (TPSA) is 53.6 Å². The molecule has 0 saturated carbocycles. The quantitative estimate of drug-likeness (QED) is 0.780. The molecule has 0 aromatic heterocycles. The summed E-state index contributed by atoms with van der Waals surface area (Å²) in [6.45, 7) is 4.51. The van der Waals surface area contributed by atoms with Gasteiger partial charge < -0.3 is 15.0 Å². The maximum Gasteiger partial charge on any atom is 0.257 e. The van der Waals surface area contributed by atoms with Gasteiger partial charge in [-0.2, -0.15) is 0 Å². The number of nitrogens with one attached hydrogen (secondary N) is 2. The summed E-state index contributed by atoms with van der Waals surface area (Å²) in [5.41, 5.74) is 2.56. The summed E-state index contributed by atoms with van der Waals surface area (Å²) in [6, 6.07) is 15.1. The van der Waals surface area contributed by atoms with E-state index in [0.717, 1.165) is 24.7 Å². The Labute approximate surface area is 165 Å². The molecule has 1 amide bonds. The van der Waals surface area contributed by atoms with Crippen molar-refractivity contribution in [3.05, 3.63) is 54.1 Å². The maximum absolute atomic E-state index is 12.3.